The van der Waals surface area contributed by atoms with Crippen LogP contribution in [0.2, 0.25) is 0 Å². The van der Waals surface area contributed by atoms with Gasteiger partial charge < -0.3 is 15.2 Å². The van der Waals surface area contributed by atoms with Gasteiger partial charge in [0.15, 0.2) is 11.5 Å². The van der Waals surface area contributed by atoms with E-state index in [1.807, 2.05) is 13.0 Å². The van der Waals surface area contributed by atoms with Crippen LogP contribution in [0.15, 0.2) is 36.4 Å². The van der Waals surface area contributed by atoms with E-state index >= 15 is 0 Å². The molecule has 0 saturated heterocycles. The molecule has 0 amide bonds. The first-order chi connectivity index (χ1) is 10.1. The number of nitrogens with one attached hydrogen (secondary N) is 1. The molecule has 2 aromatic carbocycles. The Labute approximate surface area is 122 Å². The van der Waals surface area contributed by atoms with E-state index in [0.29, 0.717) is 24.6 Å². The Morgan fingerprint density at radius 1 is 1.29 bits per heavy atom. The summed E-state index contributed by atoms with van der Waals surface area (Å²) in [4.78, 5) is 0. The maximum Gasteiger partial charge on any atom is 0.161 e. The Morgan fingerprint density at radius 2 is 2.10 bits per heavy atom. The molecule has 21 heavy (non-hydrogen) atoms. The third-order valence-electron chi connectivity index (χ3n) is 2.91. The monoisotopic (exact) mass is 286 g/mol. The summed E-state index contributed by atoms with van der Waals surface area (Å²) >= 11 is 0. The highest BCUT2D eigenvalue weighted by molar-refractivity contribution is 5.57. The normalized spacial score (nSPS) is 9.95. The highest BCUT2D eigenvalue weighted by Crippen LogP contribution is 2.27. The minimum Gasteiger partial charge on any atom is -0.504 e. The number of benzene rings is 2. The zero-order chi connectivity index (χ0) is 15.2. The molecule has 0 aliphatic rings. The van der Waals surface area contributed by atoms with Gasteiger partial charge in [-0.1, -0.05) is 6.07 Å². The smallest absolute Gasteiger partial charge is 0.161 e. The number of nitriles is 1. The number of hydrogen-bond donors (Lipinski definition) is 2. The number of rotatable bonds is 5. The van der Waals surface area contributed by atoms with Gasteiger partial charge in [-0.15, -0.1) is 0 Å². The van der Waals surface area contributed by atoms with Gasteiger partial charge >= 0.3 is 0 Å². The molecule has 0 bridgehead atoms. The van der Waals surface area contributed by atoms with E-state index in [1.54, 1.807) is 18.2 Å². The average molecular weight is 286 g/mol. The maximum absolute atomic E-state index is 13.1. The molecule has 5 heteroatoms. The van der Waals surface area contributed by atoms with E-state index in [-0.39, 0.29) is 11.3 Å². The Kier molecular flexibility index (Phi) is 4.62. The van der Waals surface area contributed by atoms with Crippen LogP contribution in [0.25, 0.3) is 0 Å². The van der Waals surface area contributed by atoms with E-state index in [2.05, 4.69) is 5.32 Å². The number of hydrogen-bond acceptors (Lipinski definition) is 4. The predicted octanol–water partition coefficient (Wildman–Crippen LogP) is 3.41. The van der Waals surface area contributed by atoms with Gasteiger partial charge in [0.05, 0.1) is 17.9 Å². The van der Waals surface area contributed by atoms with Gasteiger partial charge in [-0.3, -0.25) is 0 Å². The number of ether oxygens (including phenoxy) is 1. The maximum atomic E-state index is 13.1. The summed E-state index contributed by atoms with van der Waals surface area (Å²) in [6, 6.07) is 11.0. The fraction of sp³-hybridized carbons (Fsp3) is 0.188. The van der Waals surface area contributed by atoms with Crippen LogP contribution in [0, 0.1) is 17.1 Å². The lowest BCUT2D eigenvalue weighted by Crippen LogP contribution is -2.02. The first-order valence-corrected chi connectivity index (χ1v) is 6.52. The molecule has 0 heterocycles. The SMILES string of the molecule is CCOc1cc(CNc2ccc(F)cc2C#N)ccc1O. The van der Waals surface area contributed by atoms with Crippen molar-refractivity contribution >= 4 is 5.69 Å². The molecule has 0 aromatic heterocycles. The molecule has 108 valence electrons. The average Bonchev–Trinajstić information content (AvgIpc) is 2.49. The molecule has 0 saturated carbocycles. The lowest BCUT2D eigenvalue weighted by Gasteiger charge is -2.11. The number of aromatic hydroxyl groups is 1. The second-order valence-electron chi connectivity index (χ2n) is 4.39. The highest BCUT2D eigenvalue weighted by Gasteiger charge is 2.06. The molecule has 2 aromatic rings. The number of phenolic OH excluding ortho intramolecular Hbond substituents is 1. The van der Waals surface area contributed by atoms with E-state index < -0.39 is 5.82 Å². The van der Waals surface area contributed by atoms with Crippen molar-refractivity contribution < 1.29 is 14.2 Å². The summed E-state index contributed by atoms with van der Waals surface area (Å²) in [5, 5.41) is 21.7. The molecule has 0 unspecified atom stereocenters. The Hall–Kier alpha value is -2.74. The lowest BCUT2D eigenvalue weighted by molar-refractivity contribution is 0.318. The zero-order valence-electron chi connectivity index (χ0n) is 11.6. The van der Waals surface area contributed by atoms with E-state index in [0.717, 1.165) is 5.56 Å². The largest absolute Gasteiger partial charge is 0.504 e. The fourth-order valence-corrected chi connectivity index (χ4v) is 1.90. The van der Waals surface area contributed by atoms with Crippen LogP contribution in [0.4, 0.5) is 10.1 Å². The van der Waals surface area contributed by atoms with Crippen LogP contribution < -0.4 is 10.1 Å². The first kappa shape index (κ1) is 14.7. The van der Waals surface area contributed by atoms with Crippen molar-refractivity contribution in [2.24, 2.45) is 0 Å². The molecule has 2 rings (SSSR count). The van der Waals surface area contributed by atoms with Crippen LogP contribution in [0.1, 0.15) is 18.1 Å². The van der Waals surface area contributed by atoms with Crippen molar-refractivity contribution in [2.75, 3.05) is 11.9 Å². The van der Waals surface area contributed by atoms with Crippen molar-refractivity contribution in [3.8, 4) is 17.6 Å². The minimum absolute atomic E-state index is 0.0834. The summed E-state index contributed by atoms with van der Waals surface area (Å²) in [5.74, 6) is 0.0527. The molecule has 4 nitrogen and oxygen atoms in total. The second kappa shape index (κ2) is 6.62. The zero-order valence-corrected chi connectivity index (χ0v) is 11.6. The van der Waals surface area contributed by atoms with Gasteiger partial charge in [-0.25, -0.2) is 4.39 Å². The molecular weight excluding hydrogens is 271 g/mol. The van der Waals surface area contributed by atoms with Gasteiger partial charge in [-0.05, 0) is 42.8 Å². The summed E-state index contributed by atoms with van der Waals surface area (Å²) in [5.41, 5.74) is 1.69. The third kappa shape index (κ3) is 3.63. The van der Waals surface area contributed by atoms with Crippen LogP contribution in [-0.4, -0.2) is 11.7 Å². The molecular formula is C16H15FN2O2. The molecule has 2 N–H and O–H groups in total. The van der Waals surface area contributed by atoms with Crippen molar-refractivity contribution in [2.45, 2.75) is 13.5 Å². The van der Waals surface area contributed by atoms with Crippen LogP contribution in [0.5, 0.6) is 11.5 Å². The fourth-order valence-electron chi connectivity index (χ4n) is 1.90. The Bertz CT molecular complexity index is 680. The summed E-state index contributed by atoms with van der Waals surface area (Å²) in [6.07, 6.45) is 0. The van der Waals surface area contributed by atoms with Gasteiger partial charge in [0, 0.05) is 6.54 Å². The minimum atomic E-state index is -0.444. The first-order valence-electron chi connectivity index (χ1n) is 6.52. The number of nitrogens with zero attached hydrogens (tertiary/aromatic N) is 1. The van der Waals surface area contributed by atoms with E-state index in [4.69, 9.17) is 10.00 Å². The standard InChI is InChI=1S/C16H15FN2O2/c1-2-21-16-7-11(3-6-15(16)20)10-19-14-5-4-13(17)8-12(14)9-18/h3-8,19-20H,2,10H2,1H3. The molecule has 0 radical (unpaired) electrons. The Morgan fingerprint density at radius 3 is 2.81 bits per heavy atom. The molecule has 0 aliphatic heterocycles. The van der Waals surface area contributed by atoms with E-state index in [9.17, 15) is 9.50 Å². The number of halogens is 1. The second-order valence-corrected chi connectivity index (χ2v) is 4.39. The van der Waals surface area contributed by atoms with Gasteiger partial charge in [0.2, 0.25) is 0 Å². The van der Waals surface area contributed by atoms with E-state index in [1.165, 1.54) is 18.2 Å². The van der Waals surface area contributed by atoms with Gasteiger partial charge in [0.1, 0.15) is 11.9 Å². The highest BCUT2D eigenvalue weighted by atomic mass is 19.1. The topological polar surface area (TPSA) is 65.3 Å². The molecule has 0 aliphatic carbocycles. The summed E-state index contributed by atoms with van der Waals surface area (Å²) < 4.78 is 18.4. The van der Waals surface area contributed by atoms with Crippen LogP contribution in [0.3, 0.4) is 0 Å². The summed E-state index contributed by atoms with van der Waals surface area (Å²) in [7, 11) is 0. The lowest BCUT2D eigenvalue weighted by atomic mass is 10.1. The van der Waals surface area contributed by atoms with Gasteiger partial charge in [0.25, 0.3) is 0 Å². The van der Waals surface area contributed by atoms with Crippen molar-refractivity contribution in [3.05, 3.63) is 53.3 Å². The van der Waals surface area contributed by atoms with Crippen LogP contribution in [-0.2, 0) is 6.54 Å². The molecule has 0 spiro atoms. The number of phenols is 1. The molecule has 0 atom stereocenters. The Balaban J connectivity index is 2.13. The number of anilines is 1. The molecule has 0 fully saturated rings. The van der Waals surface area contributed by atoms with Crippen molar-refractivity contribution in [1.82, 2.24) is 0 Å². The summed E-state index contributed by atoms with van der Waals surface area (Å²) in [6.45, 7) is 2.73. The predicted molar refractivity (Wildman–Crippen MR) is 77.7 cm³/mol. The van der Waals surface area contributed by atoms with Gasteiger partial charge in [-0.2, -0.15) is 5.26 Å². The van der Waals surface area contributed by atoms with Crippen molar-refractivity contribution in [3.63, 3.8) is 0 Å². The third-order valence-corrected chi connectivity index (χ3v) is 2.91. The van der Waals surface area contributed by atoms with Crippen molar-refractivity contribution in [1.29, 1.82) is 5.26 Å². The van der Waals surface area contributed by atoms with Crippen LogP contribution >= 0.6 is 0 Å². The quantitative estimate of drug-likeness (QED) is 0.884.